The minimum atomic E-state index is -3.60. The first-order chi connectivity index (χ1) is 16.8. The lowest BCUT2D eigenvalue weighted by atomic mass is 9.95. The predicted octanol–water partition coefficient (Wildman–Crippen LogP) is 5.47. The Morgan fingerprint density at radius 2 is 2.00 bits per heavy atom. The summed E-state index contributed by atoms with van der Waals surface area (Å²) in [7, 11) is -3.29. The van der Waals surface area contributed by atoms with Crippen molar-refractivity contribution in [3.8, 4) is 11.5 Å². The van der Waals surface area contributed by atoms with Crippen LogP contribution in [0.1, 0.15) is 54.2 Å². The van der Waals surface area contributed by atoms with Crippen LogP contribution in [0.3, 0.4) is 0 Å². The van der Waals surface area contributed by atoms with Gasteiger partial charge in [0.15, 0.2) is 0 Å². The first-order valence-corrected chi connectivity index (χ1v) is 18.1. The van der Waals surface area contributed by atoms with Crippen LogP contribution in [-0.4, -0.2) is 58.0 Å². The Kier molecular flexibility index (Phi) is 11.2. The molecule has 0 amide bonds. The quantitative estimate of drug-likeness (QED) is 0.0991. The van der Waals surface area contributed by atoms with Crippen molar-refractivity contribution in [1.29, 1.82) is 0 Å². The summed E-state index contributed by atoms with van der Waals surface area (Å²) in [5.74, 6) is 0.930. The third-order valence-corrected chi connectivity index (χ3v) is 9.46. The van der Waals surface area contributed by atoms with Crippen molar-refractivity contribution in [2.45, 2.75) is 78.9 Å². The summed E-state index contributed by atoms with van der Waals surface area (Å²) < 4.78 is 34.8. The molecule has 10 heteroatoms. The van der Waals surface area contributed by atoms with E-state index >= 15 is 0 Å². The van der Waals surface area contributed by atoms with Gasteiger partial charge in [-0.2, -0.15) is 0 Å². The van der Waals surface area contributed by atoms with E-state index in [1.54, 1.807) is 14.0 Å². The van der Waals surface area contributed by atoms with Gasteiger partial charge >= 0.3 is 13.6 Å². The van der Waals surface area contributed by atoms with E-state index in [2.05, 4.69) is 31.0 Å². The van der Waals surface area contributed by atoms with Gasteiger partial charge in [-0.15, -0.1) is 0 Å². The van der Waals surface area contributed by atoms with Gasteiger partial charge in [0, 0.05) is 32.3 Å². The zero-order chi connectivity index (χ0) is 27.1. The van der Waals surface area contributed by atoms with Gasteiger partial charge in [-0.1, -0.05) is 38.2 Å². The monoisotopic (exact) mass is 541 g/mol. The molecule has 1 aromatic carbocycles. The van der Waals surface area contributed by atoms with Crippen molar-refractivity contribution in [3.05, 3.63) is 33.9 Å². The lowest BCUT2D eigenvalue weighted by molar-refractivity contribution is 0.0532. The Labute approximate surface area is 217 Å². The second kappa shape index (κ2) is 13.2. The van der Waals surface area contributed by atoms with Crippen LogP contribution >= 0.6 is 7.60 Å². The van der Waals surface area contributed by atoms with Gasteiger partial charge in [0.25, 0.3) is 0 Å². The van der Waals surface area contributed by atoms with Crippen LogP contribution in [0.5, 0.6) is 11.5 Å². The summed E-state index contributed by atoms with van der Waals surface area (Å²) in [6.07, 6.45) is 3.09. The molecule has 0 aliphatic carbocycles. The average Bonchev–Trinajstić information content (AvgIpc) is 3.17. The van der Waals surface area contributed by atoms with Crippen LogP contribution in [-0.2, 0) is 26.9 Å². The average molecular weight is 542 g/mol. The molecule has 36 heavy (non-hydrogen) atoms. The number of carbonyl (C=O) groups excluding carboxylic acids is 1. The highest BCUT2D eigenvalue weighted by Gasteiger charge is 2.33. The Hall–Kier alpha value is -1.64. The molecule has 2 N–H and O–H groups in total. The molecule has 1 aliphatic heterocycles. The number of carbonyl (C=O) groups is 1. The molecular formula is C26H44NO7PSi. The molecule has 1 heterocycles. The van der Waals surface area contributed by atoms with E-state index in [0.717, 1.165) is 34.1 Å². The van der Waals surface area contributed by atoms with Crippen molar-refractivity contribution in [1.82, 2.24) is 5.32 Å². The number of fused-ring (bicyclic) bond motifs is 1. The van der Waals surface area contributed by atoms with Crippen LogP contribution in [0.2, 0.25) is 25.7 Å². The topological polar surface area (TPSA) is 103 Å². The first kappa shape index (κ1) is 30.6. The van der Waals surface area contributed by atoms with E-state index in [0.29, 0.717) is 43.9 Å². The van der Waals surface area contributed by atoms with Crippen LogP contribution < -0.4 is 14.8 Å². The minimum absolute atomic E-state index is 0.0552. The molecule has 0 aromatic heterocycles. The number of nitrogens with one attached hydrogen (secondary N) is 1. The van der Waals surface area contributed by atoms with Crippen LogP contribution in [0, 0.1) is 6.92 Å². The van der Waals surface area contributed by atoms with E-state index in [1.807, 2.05) is 20.8 Å². The molecule has 0 spiro atoms. The lowest BCUT2D eigenvalue weighted by Crippen LogP contribution is -2.23. The fourth-order valence-corrected chi connectivity index (χ4v) is 5.86. The molecule has 0 saturated heterocycles. The fraction of sp³-hybridized carbons (Fsp3) is 0.654. The zero-order valence-corrected chi connectivity index (χ0v) is 25.0. The van der Waals surface area contributed by atoms with Crippen molar-refractivity contribution in [3.63, 3.8) is 0 Å². The Bertz CT molecular complexity index is 1000. The van der Waals surface area contributed by atoms with Gasteiger partial charge in [-0.25, -0.2) is 4.79 Å². The third-order valence-electron chi connectivity index (χ3n) is 6.27. The SMILES string of the molecule is CCC(C)OP(=O)(O)CCNCC(C)=CCc1c(OC)c(C)c2c(c1OCC[Si](C)(C)C)C(=O)OC2. The smallest absolute Gasteiger partial charge is 0.342 e. The zero-order valence-electron chi connectivity index (χ0n) is 23.2. The highest BCUT2D eigenvalue weighted by Crippen LogP contribution is 2.44. The molecule has 204 valence electrons. The minimum Gasteiger partial charge on any atom is -0.496 e. The van der Waals surface area contributed by atoms with Gasteiger partial charge in [-0.3, -0.25) is 4.57 Å². The molecular weight excluding hydrogens is 497 g/mol. The lowest BCUT2D eigenvalue weighted by Gasteiger charge is -2.21. The number of benzene rings is 1. The number of esters is 1. The maximum atomic E-state index is 12.6. The summed E-state index contributed by atoms with van der Waals surface area (Å²) in [6, 6.07) is 0.973. The second-order valence-corrected chi connectivity index (χ2v) is 18.2. The standard InChI is InChI=1S/C26H44NO7PSi/c1-9-19(3)34-35(29,30)14-12-27-16-18(2)10-11-21-24(31-5)20(4)22-17-33-26(28)23(22)25(21)32-13-15-36(6,7)8/h10,19,27H,9,11-17H2,1-8H3,(H,29,30). The summed E-state index contributed by atoms with van der Waals surface area (Å²) >= 11 is 0. The third kappa shape index (κ3) is 8.73. The summed E-state index contributed by atoms with van der Waals surface area (Å²) in [5.41, 5.74) is 4.14. The fourth-order valence-electron chi connectivity index (χ4n) is 3.89. The largest absolute Gasteiger partial charge is 0.496 e. The highest BCUT2D eigenvalue weighted by molar-refractivity contribution is 7.52. The Morgan fingerprint density at radius 1 is 1.31 bits per heavy atom. The van der Waals surface area contributed by atoms with Crippen molar-refractivity contribution >= 4 is 21.6 Å². The molecule has 1 aliphatic rings. The summed E-state index contributed by atoms with van der Waals surface area (Å²) in [6.45, 7) is 16.2. The molecule has 1 aromatic rings. The van der Waals surface area contributed by atoms with Crippen molar-refractivity contribution < 1.29 is 33.0 Å². The molecule has 8 nitrogen and oxygen atoms in total. The Morgan fingerprint density at radius 3 is 2.61 bits per heavy atom. The van der Waals surface area contributed by atoms with Gasteiger partial charge < -0.3 is 28.9 Å². The Balaban J connectivity index is 2.16. The van der Waals surface area contributed by atoms with E-state index in [9.17, 15) is 14.3 Å². The molecule has 0 saturated carbocycles. The normalized spacial score (nSPS) is 16.4. The number of rotatable bonds is 15. The summed E-state index contributed by atoms with van der Waals surface area (Å²) in [4.78, 5) is 22.6. The van der Waals surface area contributed by atoms with Gasteiger partial charge in [0.1, 0.15) is 23.7 Å². The molecule has 2 unspecified atom stereocenters. The first-order valence-electron chi connectivity index (χ1n) is 12.7. The van der Waals surface area contributed by atoms with Crippen molar-refractivity contribution in [2.24, 2.45) is 0 Å². The second-order valence-electron chi connectivity index (χ2n) is 10.7. The van der Waals surface area contributed by atoms with Crippen LogP contribution in [0.15, 0.2) is 11.6 Å². The van der Waals surface area contributed by atoms with E-state index in [1.165, 1.54) is 0 Å². The number of allylic oxidation sites excluding steroid dienone is 1. The molecule has 2 atom stereocenters. The van der Waals surface area contributed by atoms with Gasteiger partial charge in [0.05, 0.1) is 26.0 Å². The number of cyclic esters (lactones) is 1. The number of hydrogen-bond acceptors (Lipinski definition) is 7. The maximum Gasteiger partial charge on any atom is 0.342 e. The number of ether oxygens (including phenoxy) is 3. The molecule has 0 radical (unpaired) electrons. The van der Waals surface area contributed by atoms with E-state index in [4.69, 9.17) is 18.7 Å². The van der Waals surface area contributed by atoms with Crippen LogP contribution in [0.25, 0.3) is 0 Å². The molecule has 0 fully saturated rings. The predicted molar refractivity (Wildman–Crippen MR) is 146 cm³/mol. The number of methoxy groups -OCH3 is 1. The summed E-state index contributed by atoms with van der Waals surface area (Å²) in [5, 5.41) is 3.21. The molecule has 0 bridgehead atoms. The highest BCUT2D eigenvalue weighted by atomic mass is 31.2. The van der Waals surface area contributed by atoms with Gasteiger partial charge in [-0.05, 0) is 45.2 Å². The van der Waals surface area contributed by atoms with Crippen LogP contribution in [0.4, 0.5) is 0 Å². The maximum absolute atomic E-state index is 12.6. The van der Waals surface area contributed by atoms with Crippen molar-refractivity contribution in [2.75, 3.05) is 33.0 Å². The number of hydrogen-bond donors (Lipinski definition) is 2. The van der Waals surface area contributed by atoms with E-state index in [-0.39, 0.29) is 24.8 Å². The molecule has 2 rings (SSSR count). The van der Waals surface area contributed by atoms with Gasteiger partial charge in [0.2, 0.25) is 0 Å². The van der Waals surface area contributed by atoms with E-state index < -0.39 is 15.7 Å².